The van der Waals surface area contributed by atoms with Crippen LogP contribution in [0.15, 0.2) is 34.5 Å². The first-order chi connectivity index (χ1) is 8.41. The van der Waals surface area contributed by atoms with Crippen molar-refractivity contribution in [2.45, 2.75) is 11.8 Å². The van der Waals surface area contributed by atoms with Gasteiger partial charge in [-0.1, -0.05) is 17.7 Å². The van der Waals surface area contributed by atoms with Gasteiger partial charge < -0.3 is 0 Å². The van der Waals surface area contributed by atoms with E-state index in [-0.39, 0.29) is 4.90 Å². The molecule has 1 aromatic heterocycles. The average Bonchev–Trinajstić information content (AvgIpc) is 2.74. The molecule has 0 aliphatic carbocycles. The van der Waals surface area contributed by atoms with E-state index in [1.54, 1.807) is 17.5 Å². The first-order valence-electron chi connectivity index (χ1n) is 5.08. The minimum atomic E-state index is -3.60. The molecule has 7 heteroatoms. The van der Waals surface area contributed by atoms with Crippen LogP contribution in [0.25, 0.3) is 0 Å². The van der Waals surface area contributed by atoms with Crippen molar-refractivity contribution in [1.29, 1.82) is 0 Å². The van der Waals surface area contributed by atoms with E-state index in [0.29, 0.717) is 10.2 Å². The number of benzene rings is 1. The zero-order chi connectivity index (χ0) is 13.3. The summed E-state index contributed by atoms with van der Waals surface area (Å²) in [5.74, 6) is 0. The van der Waals surface area contributed by atoms with Crippen LogP contribution in [0.1, 0.15) is 5.69 Å². The van der Waals surface area contributed by atoms with E-state index in [9.17, 15) is 8.42 Å². The highest BCUT2D eigenvalue weighted by atomic mass is 35.5. The Balaban J connectivity index is 2.43. The molecule has 2 rings (SSSR count). The molecule has 0 bridgehead atoms. The third-order valence-electron chi connectivity index (χ3n) is 2.33. The molecule has 4 nitrogen and oxygen atoms in total. The number of hydrogen-bond donors (Lipinski definition) is 0. The lowest BCUT2D eigenvalue weighted by atomic mass is 10.4. The normalized spacial score (nSPS) is 11.5. The topological polar surface area (TPSA) is 50.3 Å². The lowest BCUT2D eigenvalue weighted by Gasteiger charge is -2.16. The minimum absolute atomic E-state index is 0.158. The summed E-state index contributed by atoms with van der Waals surface area (Å²) in [5, 5.41) is 2.63. The predicted molar refractivity (Wildman–Crippen MR) is 73.9 cm³/mol. The standard InChI is InChI=1S/C11H11ClN2O2S2/c1-8-7-17-11(13-8)14(2)18(15,16)10-5-3-4-9(12)6-10/h3-7H,1-2H3. The van der Waals surface area contributed by atoms with Gasteiger partial charge >= 0.3 is 0 Å². The van der Waals surface area contributed by atoms with E-state index in [4.69, 9.17) is 11.6 Å². The van der Waals surface area contributed by atoms with E-state index in [0.717, 1.165) is 10.00 Å². The molecule has 0 unspecified atom stereocenters. The van der Waals surface area contributed by atoms with Gasteiger partial charge in [0.25, 0.3) is 10.0 Å². The summed E-state index contributed by atoms with van der Waals surface area (Å²) in [7, 11) is -2.12. The second kappa shape index (κ2) is 4.87. The molecule has 0 saturated heterocycles. The Morgan fingerprint density at radius 3 is 2.67 bits per heavy atom. The third-order valence-corrected chi connectivity index (χ3v) is 5.46. The SMILES string of the molecule is Cc1csc(N(C)S(=O)(=O)c2cccc(Cl)c2)n1. The van der Waals surface area contributed by atoms with Gasteiger partial charge in [-0.05, 0) is 25.1 Å². The van der Waals surface area contributed by atoms with Crippen LogP contribution in [0.5, 0.6) is 0 Å². The van der Waals surface area contributed by atoms with Crippen LogP contribution >= 0.6 is 22.9 Å². The Hall–Kier alpha value is -1.11. The number of rotatable bonds is 3. The second-order valence-corrected chi connectivity index (χ2v) is 6.94. The fourth-order valence-electron chi connectivity index (χ4n) is 1.37. The summed E-state index contributed by atoms with van der Waals surface area (Å²) >= 11 is 7.10. The Labute approximate surface area is 115 Å². The van der Waals surface area contributed by atoms with Crippen LogP contribution in [0.2, 0.25) is 5.02 Å². The Morgan fingerprint density at radius 2 is 2.11 bits per heavy atom. The molecule has 0 aliphatic rings. The molecule has 0 fully saturated rings. The van der Waals surface area contributed by atoms with Gasteiger partial charge in [-0.15, -0.1) is 11.3 Å². The summed E-state index contributed by atoms with van der Waals surface area (Å²) in [6.07, 6.45) is 0. The zero-order valence-corrected chi connectivity index (χ0v) is 12.2. The van der Waals surface area contributed by atoms with Gasteiger partial charge in [0.2, 0.25) is 0 Å². The van der Waals surface area contributed by atoms with Gasteiger partial charge in [0.1, 0.15) is 0 Å². The highest BCUT2D eigenvalue weighted by Crippen LogP contribution is 2.26. The lowest BCUT2D eigenvalue weighted by molar-refractivity contribution is 0.594. The van der Waals surface area contributed by atoms with Gasteiger partial charge in [-0.3, -0.25) is 0 Å². The second-order valence-electron chi connectivity index (χ2n) is 3.70. The molecule has 18 heavy (non-hydrogen) atoms. The van der Waals surface area contributed by atoms with Crippen molar-refractivity contribution < 1.29 is 8.42 Å². The Morgan fingerprint density at radius 1 is 1.39 bits per heavy atom. The van der Waals surface area contributed by atoms with Gasteiger partial charge in [0, 0.05) is 17.5 Å². The van der Waals surface area contributed by atoms with Gasteiger partial charge in [-0.2, -0.15) is 0 Å². The van der Waals surface area contributed by atoms with Crippen LogP contribution in [-0.4, -0.2) is 20.4 Å². The van der Waals surface area contributed by atoms with Crippen molar-refractivity contribution in [3.63, 3.8) is 0 Å². The summed E-state index contributed by atoms with van der Waals surface area (Å²) in [5.41, 5.74) is 0.795. The van der Waals surface area contributed by atoms with Crippen molar-refractivity contribution in [2.24, 2.45) is 0 Å². The largest absolute Gasteiger partial charge is 0.265 e. The van der Waals surface area contributed by atoms with E-state index in [1.807, 2.05) is 6.92 Å². The molecule has 2 aromatic rings. The van der Waals surface area contributed by atoms with E-state index in [1.165, 1.54) is 30.5 Å². The quantitative estimate of drug-likeness (QED) is 0.876. The van der Waals surface area contributed by atoms with Gasteiger partial charge in [0.05, 0.1) is 10.6 Å². The monoisotopic (exact) mass is 302 g/mol. The van der Waals surface area contributed by atoms with Crippen LogP contribution in [-0.2, 0) is 10.0 Å². The van der Waals surface area contributed by atoms with E-state index < -0.39 is 10.0 Å². The number of anilines is 1. The average molecular weight is 303 g/mol. The van der Waals surface area contributed by atoms with Crippen LogP contribution in [0, 0.1) is 6.92 Å². The maximum atomic E-state index is 12.3. The first-order valence-corrected chi connectivity index (χ1v) is 7.77. The number of halogens is 1. The van der Waals surface area contributed by atoms with Crippen molar-refractivity contribution in [3.05, 3.63) is 40.4 Å². The molecule has 0 atom stereocenters. The summed E-state index contributed by atoms with van der Waals surface area (Å²) in [6, 6.07) is 6.18. The van der Waals surface area contributed by atoms with Crippen molar-refractivity contribution in [3.8, 4) is 0 Å². The molecule has 0 spiro atoms. The zero-order valence-electron chi connectivity index (χ0n) is 9.79. The minimum Gasteiger partial charge on any atom is -0.244 e. The molecule has 0 radical (unpaired) electrons. The molecule has 0 saturated carbocycles. The predicted octanol–water partition coefficient (Wildman–Crippen LogP) is 2.93. The molecule has 0 amide bonds. The maximum Gasteiger partial charge on any atom is 0.265 e. The first kappa shape index (κ1) is 13.3. The number of thiazole rings is 1. The van der Waals surface area contributed by atoms with Crippen molar-refractivity contribution >= 4 is 38.1 Å². The van der Waals surface area contributed by atoms with Gasteiger partial charge in [0.15, 0.2) is 5.13 Å². The van der Waals surface area contributed by atoms with Crippen molar-refractivity contribution in [2.75, 3.05) is 11.4 Å². The maximum absolute atomic E-state index is 12.3. The van der Waals surface area contributed by atoms with Crippen LogP contribution in [0.4, 0.5) is 5.13 Å². The molecule has 96 valence electrons. The lowest BCUT2D eigenvalue weighted by Crippen LogP contribution is -2.26. The van der Waals surface area contributed by atoms with Crippen LogP contribution in [0.3, 0.4) is 0 Å². The van der Waals surface area contributed by atoms with Crippen molar-refractivity contribution in [1.82, 2.24) is 4.98 Å². The molecule has 1 heterocycles. The smallest absolute Gasteiger partial charge is 0.244 e. The van der Waals surface area contributed by atoms with E-state index in [2.05, 4.69) is 4.98 Å². The number of aromatic nitrogens is 1. The number of aryl methyl sites for hydroxylation is 1. The summed E-state index contributed by atoms with van der Waals surface area (Å²) in [6.45, 7) is 1.82. The van der Waals surface area contributed by atoms with Gasteiger partial charge in [-0.25, -0.2) is 17.7 Å². The fourth-order valence-corrected chi connectivity index (χ4v) is 3.82. The third kappa shape index (κ3) is 2.50. The molecule has 0 N–H and O–H groups in total. The Bertz CT molecular complexity index is 667. The number of hydrogen-bond acceptors (Lipinski definition) is 4. The Kier molecular flexibility index (Phi) is 3.61. The molecular weight excluding hydrogens is 292 g/mol. The summed E-state index contributed by atoms with van der Waals surface area (Å²) < 4.78 is 25.8. The van der Waals surface area contributed by atoms with E-state index >= 15 is 0 Å². The summed E-state index contributed by atoms with van der Waals surface area (Å²) in [4.78, 5) is 4.31. The fraction of sp³-hybridized carbons (Fsp3) is 0.182. The molecular formula is C11H11ClN2O2S2. The molecule has 0 aliphatic heterocycles. The van der Waals surface area contributed by atoms with Crippen LogP contribution < -0.4 is 4.31 Å². The number of nitrogens with zero attached hydrogens (tertiary/aromatic N) is 2. The number of sulfonamides is 1. The highest BCUT2D eigenvalue weighted by molar-refractivity contribution is 7.93. The molecule has 1 aromatic carbocycles. The highest BCUT2D eigenvalue weighted by Gasteiger charge is 2.23.